The highest BCUT2D eigenvalue weighted by Crippen LogP contribution is 2.32. The number of fused-ring (bicyclic) bond motifs is 1. The van der Waals surface area contributed by atoms with Crippen molar-refractivity contribution in [1.82, 2.24) is 4.98 Å². The normalized spacial score (nSPS) is 11.2. The van der Waals surface area contributed by atoms with E-state index in [0.29, 0.717) is 6.54 Å². The van der Waals surface area contributed by atoms with Gasteiger partial charge in [0, 0.05) is 10.3 Å². The van der Waals surface area contributed by atoms with Gasteiger partial charge in [-0.1, -0.05) is 18.2 Å². The Morgan fingerprint density at radius 2 is 2.17 bits per heavy atom. The second-order valence-electron chi connectivity index (χ2n) is 4.21. The number of rotatable bonds is 3. The summed E-state index contributed by atoms with van der Waals surface area (Å²) < 4.78 is 5.82. The second kappa shape index (κ2) is 4.55. The van der Waals surface area contributed by atoms with Crippen LogP contribution in [0.1, 0.15) is 10.6 Å². The molecule has 1 aromatic carbocycles. The highest BCUT2D eigenvalue weighted by Gasteiger charge is 2.12. The molecule has 18 heavy (non-hydrogen) atoms. The molecule has 0 unspecified atom stereocenters. The molecule has 2 N–H and O–H groups in total. The second-order valence-corrected chi connectivity index (χ2v) is 5.30. The van der Waals surface area contributed by atoms with Gasteiger partial charge in [0.1, 0.15) is 5.58 Å². The first-order valence-electron chi connectivity index (χ1n) is 5.93. The minimum absolute atomic E-state index is 0.655. The lowest BCUT2D eigenvalue weighted by Gasteiger charge is -1.90. The third-order valence-corrected chi connectivity index (χ3v) is 4.13. The van der Waals surface area contributed by atoms with Crippen LogP contribution in [0, 0.1) is 6.92 Å². The quantitative estimate of drug-likeness (QED) is 0.783. The Kier molecular flexibility index (Phi) is 2.89. The predicted molar refractivity (Wildman–Crippen MR) is 74.8 cm³/mol. The minimum atomic E-state index is 0.655. The molecule has 0 aliphatic carbocycles. The smallest absolute Gasteiger partial charge is 0.164 e. The van der Waals surface area contributed by atoms with Gasteiger partial charge < -0.3 is 10.2 Å². The van der Waals surface area contributed by atoms with E-state index in [9.17, 15) is 0 Å². The lowest BCUT2D eigenvalue weighted by Crippen LogP contribution is -2.01. The van der Waals surface area contributed by atoms with Crippen LogP contribution in [-0.2, 0) is 6.42 Å². The zero-order valence-corrected chi connectivity index (χ0v) is 11.0. The molecule has 0 bridgehead atoms. The maximum absolute atomic E-state index is 5.82. The Balaban J connectivity index is 2.05. The standard InChI is InChI=1S/C14H14N2OS/c1-9-13(6-7-15)18-14(16-9)12-8-10-4-2-3-5-11(10)17-12/h2-5,8H,6-7,15H2,1H3. The van der Waals surface area contributed by atoms with Crippen LogP contribution in [0.3, 0.4) is 0 Å². The Bertz CT molecular complexity index is 651. The van der Waals surface area contributed by atoms with Crippen molar-refractivity contribution in [3.63, 3.8) is 0 Å². The lowest BCUT2D eigenvalue weighted by molar-refractivity contribution is 0.630. The molecule has 0 aliphatic heterocycles. The summed E-state index contributed by atoms with van der Waals surface area (Å²) in [5.74, 6) is 0.840. The van der Waals surface area contributed by atoms with E-state index in [-0.39, 0.29) is 0 Å². The van der Waals surface area contributed by atoms with Gasteiger partial charge in [0.05, 0.1) is 5.69 Å². The van der Waals surface area contributed by atoms with E-state index in [2.05, 4.69) is 4.98 Å². The maximum Gasteiger partial charge on any atom is 0.164 e. The number of nitrogens with two attached hydrogens (primary N) is 1. The predicted octanol–water partition coefficient (Wildman–Crippen LogP) is 3.37. The molecule has 2 heterocycles. The van der Waals surface area contributed by atoms with E-state index < -0.39 is 0 Å². The maximum atomic E-state index is 5.82. The number of hydrogen-bond acceptors (Lipinski definition) is 4. The van der Waals surface area contributed by atoms with Crippen molar-refractivity contribution in [2.45, 2.75) is 13.3 Å². The van der Waals surface area contributed by atoms with Crippen LogP contribution < -0.4 is 5.73 Å². The topological polar surface area (TPSA) is 52.0 Å². The van der Waals surface area contributed by atoms with Gasteiger partial charge >= 0.3 is 0 Å². The van der Waals surface area contributed by atoms with Crippen LogP contribution in [-0.4, -0.2) is 11.5 Å². The summed E-state index contributed by atoms with van der Waals surface area (Å²) in [6.45, 7) is 2.68. The van der Waals surface area contributed by atoms with Crippen LogP contribution in [0.25, 0.3) is 21.7 Å². The summed E-state index contributed by atoms with van der Waals surface area (Å²) in [6.07, 6.45) is 0.879. The van der Waals surface area contributed by atoms with E-state index in [1.807, 2.05) is 37.3 Å². The fraction of sp³-hybridized carbons (Fsp3) is 0.214. The first kappa shape index (κ1) is 11.4. The number of furan rings is 1. The Hall–Kier alpha value is -1.65. The molecule has 4 heteroatoms. The number of aromatic nitrogens is 1. The van der Waals surface area contributed by atoms with Crippen LogP contribution >= 0.6 is 11.3 Å². The van der Waals surface area contributed by atoms with Crippen molar-refractivity contribution in [2.75, 3.05) is 6.54 Å². The molecule has 0 fully saturated rings. The molecule has 0 aliphatic rings. The lowest BCUT2D eigenvalue weighted by atomic mass is 10.2. The van der Waals surface area contributed by atoms with Gasteiger partial charge in [-0.25, -0.2) is 4.98 Å². The zero-order valence-electron chi connectivity index (χ0n) is 10.1. The number of thiazole rings is 1. The molecule has 0 atom stereocenters. The summed E-state index contributed by atoms with van der Waals surface area (Å²) >= 11 is 1.67. The summed E-state index contributed by atoms with van der Waals surface area (Å²) in [5, 5.41) is 2.05. The minimum Gasteiger partial charge on any atom is -0.454 e. The molecule has 0 saturated carbocycles. The van der Waals surface area contributed by atoms with Crippen LogP contribution in [0.15, 0.2) is 34.7 Å². The highest BCUT2D eigenvalue weighted by molar-refractivity contribution is 7.15. The van der Waals surface area contributed by atoms with E-state index in [1.165, 1.54) is 4.88 Å². The average molecular weight is 258 g/mol. The molecule has 2 aromatic heterocycles. The summed E-state index contributed by atoms with van der Waals surface area (Å²) in [6, 6.07) is 10.0. The van der Waals surface area contributed by atoms with Crippen molar-refractivity contribution in [1.29, 1.82) is 0 Å². The largest absolute Gasteiger partial charge is 0.454 e. The van der Waals surface area contributed by atoms with Crippen molar-refractivity contribution < 1.29 is 4.42 Å². The van der Waals surface area contributed by atoms with Gasteiger partial charge in [0.2, 0.25) is 0 Å². The number of nitrogens with zero attached hydrogens (tertiary/aromatic N) is 1. The summed E-state index contributed by atoms with van der Waals surface area (Å²) in [5.41, 5.74) is 7.55. The molecular formula is C14H14N2OS. The van der Waals surface area contributed by atoms with Crippen molar-refractivity contribution in [3.05, 3.63) is 40.9 Å². The van der Waals surface area contributed by atoms with Gasteiger partial charge in [-0.15, -0.1) is 11.3 Å². The third kappa shape index (κ3) is 1.94. The van der Waals surface area contributed by atoms with Crippen molar-refractivity contribution in [2.24, 2.45) is 5.73 Å². The van der Waals surface area contributed by atoms with E-state index >= 15 is 0 Å². The fourth-order valence-corrected chi connectivity index (χ4v) is 3.01. The summed E-state index contributed by atoms with van der Waals surface area (Å²) in [4.78, 5) is 5.81. The van der Waals surface area contributed by atoms with Crippen LogP contribution in [0.5, 0.6) is 0 Å². The Morgan fingerprint density at radius 3 is 2.94 bits per heavy atom. The summed E-state index contributed by atoms with van der Waals surface area (Å²) in [7, 11) is 0. The molecule has 0 spiro atoms. The SMILES string of the molecule is Cc1nc(-c2cc3ccccc3o2)sc1CCN. The van der Waals surface area contributed by atoms with Gasteiger partial charge in [0.15, 0.2) is 10.8 Å². The Morgan fingerprint density at radius 1 is 1.33 bits per heavy atom. The first-order valence-corrected chi connectivity index (χ1v) is 6.75. The molecule has 3 aromatic rings. The number of aryl methyl sites for hydroxylation is 1. The zero-order chi connectivity index (χ0) is 12.5. The number of benzene rings is 1. The fourth-order valence-electron chi connectivity index (χ4n) is 1.98. The van der Waals surface area contributed by atoms with Gasteiger partial charge in [-0.3, -0.25) is 0 Å². The average Bonchev–Trinajstić information content (AvgIpc) is 2.94. The van der Waals surface area contributed by atoms with Crippen molar-refractivity contribution >= 4 is 22.3 Å². The monoisotopic (exact) mass is 258 g/mol. The number of para-hydroxylation sites is 1. The van der Waals surface area contributed by atoms with Gasteiger partial charge in [-0.2, -0.15) is 0 Å². The van der Waals surface area contributed by atoms with Gasteiger partial charge in [-0.05, 0) is 32.0 Å². The molecule has 3 nitrogen and oxygen atoms in total. The molecular weight excluding hydrogens is 244 g/mol. The molecule has 92 valence electrons. The molecule has 0 radical (unpaired) electrons. The Labute approximate surface area is 109 Å². The van der Waals surface area contributed by atoms with Gasteiger partial charge in [0.25, 0.3) is 0 Å². The van der Waals surface area contributed by atoms with E-state index in [4.69, 9.17) is 10.2 Å². The molecule has 0 amide bonds. The van der Waals surface area contributed by atoms with Crippen molar-refractivity contribution in [3.8, 4) is 10.8 Å². The molecule has 0 saturated heterocycles. The van der Waals surface area contributed by atoms with E-state index in [1.54, 1.807) is 11.3 Å². The number of hydrogen-bond donors (Lipinski definition) is 1. The first-order chi connectivity index (χ1) is 8.78. The molecule has 3 rings (SSSR count). The third-order valence-electron chi connectivity index (χ3n) is 2.90. The van der Waals surface area contributed by atoms with E-state index in [0.717, 1.165) is 33.9 Å². The van der Waals surface area contributed by atoms with Crippen LogP contribution in [0.4, 0.5) is 0 Å². The van der Waals surface area contributed by atoms with Crippen LogP contribution in [0.2, 0.25) is 0 Å². The highest BCUT2D eigenvalue weighted by atomic mass is 32.1.